The molecule has 1 atom stereocenters. The predicted molar refractivity (Wildman–Crippen MR) is 55.6 cm³/mol. The van der Waals surface area contributed by atoms with Crippen molar-refractivity contribution in [3.8, 4) is 0 Å². The Morgan fingerprint density at radius 3 is 2.64 bits per heavy atom. The zero-order valence-electron chi connectivity index (χ0n) is 8.96. The Labute approximate surface area is 90.1 Å². The van der Waals surface area contributed by atoms with Crippen molar-refractivity contribution in [2.24, 2.45) is 0 Å². The highest BCUT2D eigenvalue weighted by atomic mass is 35.5. The summed E-state index contributed by atoms with van der Waals surface area (Å²) in [6.07, 6.45) is 0. The molecule has 0 heterocycles. The molecule has 14 heavy (non-hydrogen) atoms. The van der Waals surface area contributed by atoms with E-state index in [9.17, 15) is 4.79 Å². The second-order valence-corrected chi connectivity index (χ2v) is 3.85. The van der Waals surface area contributed by atoms with Crippen LogP contribution in [0.4, 0.5) is 0 Å². The van der Waals surface area contributed by atoms with Gasteiger partial charge in [0.1, 0.15) is 6.61 Å². The molecule has 0 aromatic carbocycles. The molecule has 1 unspecified atom stereocenters. The summed E-state index contributed by atoms with van der Waals surface area (Å²) in [6.45, 7) is 3.41. The number of alkyl halides is 1. The van der Waals surface area contributed by atoms with Gasteiger partial charge in [0.15, 0.2) is 0 Å². The lowest BCUT2D eigenvalue weighted by Gasteiger charge is -2.18. The van der Waals surface area contributed by atoms with Crippen LogP contribution in [0.2, 0.25) is 0 Å². The van der Waals surface area contributed by atoms with E-state index < -0.39 is 0 Å². The number of ether oxygens (including phenoxy) is 2. The average Bonchev–Trinajstić information content (AvgIpc) is 2.11. The Morgan fingerprint density at radius 1 is 1.50 bits per heavy atom. The number of nitrogens with zero attached hydrogens (tertiary/aromatic N) is 1. The smallest absolute Gasteiger partial charge is 0.248 e. The highest BCUT2D eigenvalue weighted by Gasteiger charge is 2.10. The van der Waals surface area contributed by atoms with Crippen molar-refractivity contribution in [2.45, 2.75) is 12.3 Å². The van der Waals surface area contributed by atoms with Gasteiger partial charge in [-0.1, -0.05) is 0 Å². The lowest BCUT2D eigenvalue weighted by atomic mass is 10.4. The minimum atomic E-state index is -0.0615. The molecule has 1 amide bonds. The first-order chi connectivity index (χ1) is 6.57. The molecule has 0 spiro atoms. The number of amides is 1. The SMILES string of the molecule is COCCOCC(=O)N(C)CC(C)Cl. The van der Waals surface area contributed by atoms with E-state index in [1.165, 1.54) is 0 Å². The molecule has 4 nitrogen and oxygen atoms in total. The van der Waals surface area contributed by atoms with Gasteiger partial charge in [0.2, 0.25) is 5.91 Å². The van der Waals surface area contributed by atoms with E-state index >= 15 is 0 Å². The molecule has 0 saturated heterocycles. The molecular formula is C9H18ClNO3. The number of rotatable bonds is 7. The monoisotopic (exact) mass is 223 g/mol. The van der Waals surface area contributed by atoms with Gasteiger partial charge in [0, 0.05) is 26.1 Å². The number of halogens is 1. The molecule has 84 valence electrons. The molecule has 0 rings (SSSR count). The van der Waals surface area contributed by atoms with E-state index in [2.05, 4.69) is 0 Å². The van der Waals surface area contributed by atoms with Crippen molar-refractivity contribution in [2.75, 3.05) is 40.5 Å². The Balaban J connectivity index is 3.52. The van der Waals surface area contributed by atoms with Gasteiger partial charge in [-0.05, 0) is 6.92 Å². The van der Waals surface area contributed by atoms with Crippen molar-refractivity contribution < 1.29 is 14.3 Å². The number of likely N-dealkylation sites (N-methyl/N-ethyl adjacent to an activating group) is 1. The van der Waals surface area contributed by atoms with Crippen molar-refractivity contribution in [1.29, 1.82) is 0 Å². The minimum absolute atomic E-state index is 0.0390. The van der Waals surface area contributed by atoms with Gasteiger partial charge in [-0.15, -0.1) is 11.6 Å². The fourth-order valence-electron chi connectivity index (χ4n) is 0.891. The Bertz CT molecular complexity index is 164. The zero-order valence-corrected chi connectivity index (χ0v) is 9.71. The number of methoxy groups -OCH3 is 1. The third-order valence-electron chi connectivity index (χ3n) is 1.61. The summed E-state index contributed by atoms with van der Waals surface area (Å²) in [5.74, 6) is -0.0615. The molecule has 5 heteroatoms. The topological polar surface area (TPSA) is 38.8 Å². The standard InChI is InChI=1S/C9H18ClNO3/c1-8(10)6-11(2)9(12)7-14-5-4-13-3/h8H,4-7H2,1-3H3. The van der Waals surface area contributed by atoms with Crippen LogP contribution in [0.5, 0.6) is 0 Å². The first kappa shape index (κ1) is 13.7. The number of carbonyl (C=O) groups excluding carboxylic acids is 1. The second kappa shape index (κ2) is 8.03. The second-order valence-electron chi connectivity index (χ2n) is 3.10. The van der Waals surface area contributed by atoms with E-state index in [0.29, 0.717) is 19.8 Å². The van der Waals surface area contributed by atoms with E-state index in [0.717, 1.165) is 0 Å². The highest BCUT2D eigenvalue weighted by molar-refractivity contribution is 6.20. The van der Waals surface area contributed by atoms with Gasteiger partial charge in [-0.25, -0.2) is 0 Å². The first-order valence-corrected chi connectivity index (χ1v) is 4.96. The molecular weight excluding hydrogens is 206 g/mol. The molecule has 0 bridgehead atoms. The number of carbonyl (C=O) groups is 1. The Hall–Kier alpha value is -0.320. The maximum atomic E-state index is 11.3. The van der Waals surface area contributed by atoms with Crippen LogP contribution in [0, 0.1) is 0 Å². The minimum Gasteiger partial charge on any atom is -0.382 e. The van der Waals surface area contributed by atoms with E-state index in [1.807, 2.05) is 6.92 Å². The van der Waals surface area contributed by atoms with Crippen molar-refractivity contribution in [1.82, 2.24) is 4.90 Å². The van der Waals surface area contributed by atoms with Crippen LogP contribution in [-0.4, -0.2) is 56.7 Å². The predicted octanol–water partition coefficient (Wildman–Crippen LogP) is 0.735. The molecule has 0 aliphatic carbocycles. The lowest BCUT2D eigenvalue weighted by molar-refractivity contribution is -0.135. The Morgan fingerprint density at radius 2 is 2.14 bits per heavy atom. The summed E-state index contributed by atoms with van der Waals surface area (Å²) in [5, 5.41) is -0.0390. The maximum Gasteiger partial charge on any atom is 0.248 e. The van der Waals surface area contributed by atoms with Crippen molar-refractivity contribution in [3.05, 3.63) is 0 Å². The van der Waals surface area contributed by atoms with Gasteiger partial charge in [0.05, 0.1) is 13.2 Å². The third kappa shape index (κ3) is 7.12. The zero-order chi connectivity index (χ0) is 11.0. The number of hydrogen-bond acceptors (Lipinski definition) is 3. The average molecular weight is 224 g/mol. The normalized spacial score (nSPS) is 12.6. The molecule has 0 aromatic heterocycles. The molecule has 0 aliphatic heterocycles. The summed E-state index contributed by atoms with van der Waals surface area (Å²) in [5.41, 5.74) is 0. The summed E-state index contributed by atoms with van der Waals surface area (Å²) in [7, 11) is 3.30. The van der Waals surface area contributed by atoms with E-state index in [1.54, 1.807) is 19.1 Å². The lowest BCUT2D eigenvalue weighted by Crippen LogP contribution is -2.34. The van der Waals surface area contributed by atoms with Gasteiger partial charge in [0.25, 0.3) is 0 Å². The fraction of sp³-hybridized carbons (Fsp3) is 0.889. The Kier molecular flexibility index (Phi) is 7.84. The van der Waals surface area contributed by atoms with Crippen LogP contribution >= 0.6 is 11.6 Å². The van der Waals surface area contributed by atoms with Crippen LogP contribution in [0.1, 0.15) is 6.92 Å². The maximum absolute atomic E-state index is 11.3. The van der Waals surface area contributed by atoms with E-state index in [4.69, 9.17) is 21.1 Å². The number of hydrogen-bond donors (Lipinski definition) is 0. The molecule has 0 N–H and O–H groups in total. The summed E-state index contributed by atoms with van der Waals surface area (Å²) in [4.78, 5) is 12.9. The molecule has 0 radical (unpaired) electrons. The summed E-state index contributed by atoms with van der Waals surface area (Å²) < 4.78 is 9.86. The molecule has 0 aromatic rings. The molecule has 0 fully saturated rings. The van der Waals surface area contributed by atoms with Crippen LogP contribution in [0.15, 0.2) is 0 Å². The van der Waals surface area contributed by atoms with Crippen LogP contribution in [0.3, 0.4) is 0 Å². The van der Waals surface area contributed by atoms with Gasteiger partial charge < -0.3 is 14.4 Å². The van der Waals surface area contributed by atoms with Crippen molar-refractivity contribution in [3.63, 3.8) is 0 Å². The van der Waals surface area contributed by atoms with E-state index in [-0.39, 0.29) is 17.9 Å². The third-order valence-corrected chi connectivity index (χ3v) is 1.75. The summed E-state index contributed by atoms with van der Waals surface area (Å²) >= 11 is 5.75. The largest absolute Gasteiger partial charge is 0.382 e. The fourth-order valence-corrected chi connectivity index (χ4v) is 1.10. The van der Waals surface area contributed by atoms with Gasteiger partial charge >= 0.3 is 0 Å². The van der Waals surface area contributed by atoms with Crippen molar-refractivity contribution >= 4 is 17.5 Å². The quantitative estimate of drug-likeness (QED) is 0.472. The molecule has 0 saturated carbocycles. The highest BCUT2D eigenvalue weighted by Crippen LogP contribution is 1.97. The van der Waals surface area contributed by atoms with Crippen LogP contribution in [0.25, 0.3) is 0 Å². The van der Waals surface area contributed by atoms with Gasteiger partial charge in [-0.2, -0.15) is 0 Å². The van der Waals surface area contributed by atoms with Gasteiger partial charge in [-0.3, -0.25) is 4.79 Å². The van der Waals surface area contributed by atoms with Crippen LogP contribution in [-0.2, 0) is 14.3 Å². The molecule has 0 aliphatic rings. The summed E-state index contributed by atoms with van der Waals surface area (Å²) in [6, 6.07) is 0. The first-order valence-electron chi connectivity index (χ1n) is 4.52. The van der Waals surface area contributed by atoms with Crippen LogP contribution < -0.4 is 0 Å².